The first kappa shape index (κ1) is 22.4. The van der Waals surface area contributed by atoms with Gasteiger partial charge in [0, 0.05) is 58.0 Å². The van der Waals surface area contributed by atoms with Crippen molar-refractivity contribution < 1.29 is 18.8 Å². The van der Waals surface area contributed by atoms with Gasteiger partial charge in [0.25, 0.3) is 11.6 Å². The van der Waals surface area contributed by atoms with Crippen molar-refractivity contribution in [3.05, 3.63) is 36.3 Å². The zero-order chi connectivity index (χ0) is 23.3. The number of rotatable bonds is 7. The number of ether oxygens (including phenoxy) is 2. The Bertz CT molecular complexity index is 1110. The van der Waals surface area contributed by atoms with Crippen LogP contribution >= 0.6 is 0 Å². The molecule has 0 bridgehead atoms. The number of amides is 1. The van der Waals surface area contributed by atoms with Gasteiger partial charge >= 0.3 is 0 Å². The quantitative estimate of drug-likeness (QED) is 0.541. The smallest absolute Gasteiger partial charge is 0.274 e. The van der Waals surface area contributed by atoms with Gasteiger partial charge in [-0.15, -0.1) is 0 Å². The second-order valence-corrected chi connectivity index (χ2v) is 8.29. The Labute approximate surface area is 197 Å². The summed E-state index contributed by atoms with van der Waals surface area (Å²) in [6, 6.07) is 8.15. The normalized spacial score (nSPS) is 17.2. The Morgan fingerprint density at radius 2 is 1.79 bits per heavy atom. The lowest BCUT2D eigenvalue weighted by Gasteiger charge is -2.36. The van der Waals surface area contributed by atoms with Crippen molar-refractivity contribution in [1.82, 2.24) is 25.3 Å². The number of hydrogen-bond donors (Lipinski definition) is 1. The minimum atomic E-state index is -0.278. The van der Waals surface area contributed by atoms with E-state index < -0.39 is 0 Å². The predicted molar refractivity (Wildman–Crippen MR) is 127 cm³/mol. The zero-order valence-corrected chi connectivity index (χ0v) is 19.3. The number of methoxy groups -OCH3 is 1. The molecule has 11 nitrogen and oxygen atoms in total. The maximum Gasteiger partial charge on any atom is 0.274 e. The van der Waals surface area contributed by atoms with E-state index in [4.69, 9.17) is 14.0 Å². The first-order valence-corrected chi connectivity index (χ1v) is 11.6. The SMILES string of the molecule is COc1ccc(N2CCN(CCNC(=O)c3noc4ncnc(N5CCOCC5)c34)CC2)cc1. The highest BCUT2D eigenvalue weighted by Crippen LogP contribution is 2.27. The first-order chi connectivity index (χ1) is 16.7. The first-order valence-electron chi connectivity index (χ1n) is 11.6. The summed E-state index contributed by atoms with van der Waals surface area (Å²) in [5.41, 5.74) is 1.74. The molecule has 4 heterocycles. The lowest BCUT2D eigenvalue weighted by atomic mass is 10.2. The van der Waals surface area contributed by atoms with Gasteiger partial charge in [0.05, 0.1) is 20.3 Å². The number of aromatic nitrogens is 3. The largest absolute Gasteiger partial charge is 0.497 e. The molecule has 11 heteroatoms. The molecule has 1 N–H and O–H groups in total. The molecule has 3 aromatic rings. The van der Waals surface area contributed by atoms with Crippen LogP contribution in [0.4, 0.5) is 11.5 Å². The molecule has 0 unspecified atom stereocenters. The number of piperazine rings is 1. The lowest BCUT2D eigenvalue weighted by molar-refractivity contribution is 0.0940. The van der Waals surface area contributed by atoms with Crippen molar-refractivity contribution >= 4 is 28.5 Å². The molecule has 0 spiro atoms. The molecular formula is C23H29N7O4. The van der Waals surface area contributed by atoms with E-state index in [1.165, 1.54) is 12.0 Å². The molecule has 2 aliphatic heterocycles. The van der Waals surface area contributed by atoms with E-state index >= 15 is 0 Å². The van der Waals surface area contributed by atoms with Crippen molar-refractivity contribution in [1.29, 1.82) is 0 Å². The van der Waals surface area contributed by atoms with E-state index in [2.05, 4.69) is 47.3 Å². The van der Waals surface area contributed by atoms with Gasteiger partial charge in [-0.3, -0.25) is 9.69 Å². The number of fused-ring (bicyclic) bond motifs is 1. The summed E-state index contributed by atoms with van der Waals surface area (Å²) in [6.07, 6.45) is 1.44. The third-order valence-electron chi connectivity index (χ3n) is 6.30. The highest BCUT2D eigenvalue weighted by molar-refractivity contribution is 6.07. The Morgan fingerprint density at radius 1 is 1.03 bits per heavy atom. The van der Waals surface area contributed by atoms with Gasteiger partial charge in [-0.2, -0.15) is 4.98 Å². The van der Waals surface area contributed by atoms with Gasteiger partial charge in [0.1, 0.15) is 23.3 Å². The van der Waals surface area contributed by atoms with Crippen LogP contribution in [-0.2, 0) is 4.74 Å². The van der Waals surface area contributed by atoms with Crippen LogP contribution in [0, 0.1) is 0 Å². The topological polar surface area (TPSA) is 109 Å². The molecule has 0 atom stereocenters. The number of morpholine rings is 1. The molecule has 0 saturated carbocycles. The summed E-state index contributed by atoms with van der Waals surface area (Å²) in [5, 5.41) is 7.53. The van der Waals surface area contributed by atoms with Crippen LogP contribution in [0.1, 0.15) is 10.5 Å². The summed E-state index contributed by atoms with van der Waals surface area (Å²) >= 11 is 0. The molecule has 34 heavy (non-hydrogen) atoms. The summed E-state index contributed by atoms with van der Waals surface area (Å²) in [7, 11) is 1.68. The third-order valence-corrected chi connectivity index (χ3v) is 6.30. The fraction of sp³-hybridized carbons (Fsp3) is 0.478. The standard InChI is InChI=1S/C23H29N7O4/c1-32-18-4-2-17(3-5-18)29-10-8-28(9-11-29)7-6-24-22(31)20-19-21(30-12-14-33-15-13-30)25-16-26-23(19)34-27-20/h2-5,16H,6-15H2,1H3,(H,24,31). The van der Waals surface area contributed by atoms with Gasteiger partial charge in [-0.25, -0.2) is 4.98 Å². The molecule has 2 aromatic heterocycles. The van der Waals surface area contributed by atoms with Crippen LogP contribution in [-0.4, -0.2) is 98.6 Å². The van der Waals surface area contributed by atoms with Crippen LogP contribution < -0.4 is 19.9 Å². The number of hydrogen-bond acceptors (Lipinski definition) is 10. The molecule has 1 aromatic carbocycles. The summed E-state index contributed by atoms with van der Waals surface area (Å²) in [6.45, 7) is 7.66. The van der Waals surface area contributed by atoms with Crippen LogP contribution in [0.2, 0.25) is 0 Å². The molecule has 0 aliphatic carbocycles. The summed E-state index contributed by atoms with van der Waals surface area (Å²) in [5.74, 6) is 1.25. The molecule has 0 radical (unpaired) electrons. The average Bonchev–Trinajstić information content (AvgIpc) is 3.34. The number of carbonyl (C=O) groups excluding carboxylic acids is 1. The van der Waals surface area contributed by atoms with E-state index in [9.17, 15) is 4.79 Å². The maximum absolute atomic E-state index is 12.9. The summed E-state index contributed by atoms with van der Waals surface area (Å²) < 4.78 is 16.0. The van der Waals surface area contributed by atoms with Crippen LogP contribution in [0.25, 0.3) is 11.1 Å². The minimum Gasteiger partial charge on any atom is -0.497 e. The molecule has 5 rings (SSSR count). The zero-order valence-electron chi connectivity index (χ0n) is 19.3. The number of nitrogens with one attached hydrogen (secondary N) is 1. The van der Waals surface area contributed by atoms with Gasteiger partial charge < -0.3 is 29.1 Å². The molecule has 2 aliphatic rings. The predicted octanol–water partition coefficient (Wildman–Crippen LogP) is 1.02. The highest BCUT2D eigenvalue weighted by atomic mass is 16.5. The van der Waals surface area contributed by atoms with E-state index in [1.807, 2.05) is 12.1 Å². The average molecular weight is 468 g/mol. The fourth-order valence-electron chi connectivity index (χ4n) is 4.38. The second-order valence-electron chi connectivity index (χ2n) is 8.29. The molecule has 180 valence electrons. The summed E-state index contributed by atoms with van der Waals surface area (Å²) in [4.78, 5) is 28.2. The number of anilines is 2. The molecule has 2 fully saturated rings. The van der Waals surface area contributed by atoms with Gasteiger partial charge in [0.15, 0.2) is 5.69 Å². The molecule has 1 amide bonds. The minimum absolute atomic E-state index is 0.224. The van der Waals surface area contributed by atoms with Crippen LogP contribution in [0.15, 0.2) is 35.1 Å². The highest BCUT2D eigenvalue weighted by Gasteiger charge is 2.25. The fourth-order valence-corrected chi connectivity index (χ4v) is 4.38. The lowest BCUT2D eigenvalue weighted by Crippen LogP contribution is -2.48. The number of benzene rings is 1. The Balaban J connectivity index is 1.15. The Morgan fingerprint density at radius 3 is 2.53 bits per heavy atom. The van der Waals surface area contributed by atoms with Crippen molar-refractivity contribution in [2.75, 3.05) is 82.5 Å². The Kier molecular flexibility index (Phi) is 6.72. The van der Waals surface area contributed by atoms with Crippen LogP contribution in [0.3, 0.4) is 0 Å². The van der Waals surface area contributed by atoms with E-state index in [-0.39, 0.29) is 11.6 Å². The third kappa shape index (κ3) is 4.75. The Hall–Kier alpha value is -3.44. The van der Waals surface area contributed by atoms with Crippen molar-refractivity contribution in [2.45, 2.75) is 0 Å². The van der Waals surface area contributed by atoms with Crippen LogP contribution in [0.5, 0.6) is 5.75 Å². The number of nitrogens with zero attached hydrogens (tertiary/aromatic N) is 6. The van der Waals surface area contributed by atoms with Gasteiger partial charge in [-0.05, 0) is 24.3 Å². The van der Waals surface area contributed by atoms with E-state index in [1.54, 1.807) is 7.11 Å². The van der Waals surface area contributed by atoms with Crippen molar-refractivity contribution in [3.8, 4) is 5.75 Å². The monoisotopic (exact) mass is 467 g/mol. The molecular weight excluding hydrogens is 438 g/mol. The van der Waals surface area contributed by atoms with Gasteiger partial charge in [-0.1, -0.05) is 5.16 Å². The number of carbonyl (C=O) groups is 1. The van der Waals surface area contributed by atoms with Gasteiger partial charge in [0.2, 0.25) is 0 Å². The maximum atomic E-state index is 12.9. The van der Waals surface area contributed by atoms with Crippen molar-refractivity contribution in [3.63, 3.8) is 0 Å². The van der Waals surface area contributed by atoms with Crippen molar-refractivity contribution in [2.24, 2.45) is 0 Å². The second kappa shape index (κ2) is 10.2. The van der Waals surface area contributed by atoms with E-state index in [0.29, 0.717) is 49.8 Å². The molecule has 2 saturated heterocycles. The van der Waals surface area contributed by atoms with E-state index in [0.717, 1.165) is 38.5 Å².